The van der Waals surface area contributed by atoms with E-state index in [2.05, 4.69) is 12.1 Å². The first-order valence-electron chi connectivity index (χ1n) is 11.2. The smallest absolute Gasteiger partial charge is 0.410 e. The Kier molecular flexibility index (Phi) is 6.93. The molecular weight excluding hydrogens is 430 g/mol. The maximum absolute atomic E-state index is 13.3. The summed E-state index contributed by atoms with van der Waals surface area (Å²) in [5, 5.41) is 9.18. The van der Waals surface area contributed by atoms with Gasteiger partial charge in [0.15, 0.2) is 0 Å². The van der Waals surface area contributed by atoms with E-state index < -0.39 is 24.5 Å². The Bertz CT molecular complexity index is 1020. The van der Waals surface area contributed by atoms with Crippen molar-refractivity contribution in [1.29, 1.82) is 0 Å². The first-order chi connectivity index (χ1) is 15.8. The summed E-state index contributed by atoms with van der Waals surface area (Å²) in [6.07, 6.45) is 0.345. The van der Waals surface area contributed by atoms with Gasteiger partial charge in [-0.15, -0.1) is 0 Å². The van der Waals surface area contributed by atoms with E-state index in [0.29, 0.717) is 26.1 Å². The van der Waals surface area contributed by atoms with Crippen LogP contribution in [0, 0.1) is 0 Å². The van der Waals surface area contributed by atoms with Crippen LogP contribution in [0.2, 0.25) is 0 Å². The third-order valence-electron chi connectivity index (χ3n) is 6.30. The van der Waals surface area contributed by atoms with Gasteiger partial charge in [0.2, 0.25) is 0 Å². The molecule has 6 nitrogen and oxygen atoms in total. The Balaban J connectivity index is 1.30. The average Bonchev–Trinajstić information content (AvgIpc) is 3.15. The predicted molar refractivity (Wildman–Crippen MR) is 119 cm³/mol. The van der Waals surface area contributed by atoms with Crippen molar-refractivity contribution in [2.24, 2.45) is 0 Å². The van der Waals surface area contributed by atoms with Gasteiger partial charge in [-0.25, -0.2) is 13.6 Å². The summed E-state index contributed by atoms with van der Waals surface area (Å²) in [7, 11) is 0. The standard InChI is InChI=1S/C25H28F2N2O4/c26-25(27)8-12-28(13-9-25)10-3-11-29(16-23(30)31)24(32)33-17-18-6-7-20-15-19-4-1-2-5-21(19)22(20)14-18/h1-2,4-7,14H,3,8-13,15-17H2,(H,30,31). The van der Waals surface area contributed by atoms with Gasteiger partial charge in [-0.3, -0.25) is 9.69 Å². The highest BCUT2D eigenvalue weighted by Crippen LogP contribution is 2.37. The molecule has 2 aromatic carbocycles. The molecule has 0 aromatic heterocycles. The minimum absolute atomic E-state index is 0.0472. The molecule has 8 heteroatoms. The fraction of sp³-hybridized carbons (Fsp3) is 0.440. The summed E-state index contributed by atoms with van der Waals surface area (Å²) >= 11 is 0. The molecule has 33 heavy (non-hydrogen) atoms. The molecule has 0 bridgehead atoms. The van der Waals surface area contributed by atoms with Crippen molar-refractivity contribution >= 4 is 12.1 Å². The van der Waals surface area contributed by atoms with Crippen molar-refractivity contribution in [2.45, 2.75) is 38.2 Å². The Morgan fingerprint density at radius 1 is 1.06 bits per heavy atom. The fourth-order valence-corrected chi connectivity index (χ4v) is 4.48. The Morgan fingerprint density at radius 2 is 1.79 bits per heavy atom. The van der Waals surface area contributed by atoms with Gasteiger partial charge in [0, 0.05) is 32.5 Å². The van der Waals surface area contributed by atoms with Gasteiger partial charge in [0.1, 0.15) is 13.2 Å². The van der Waals surface area contributed by atoms with Crippen LogP contribution in [0.1, 0.15) is 36.0 Å². The van der Waals surface area contributed by atoms with Crippen LogP contribution in [0.15, 0.2) is 42.5 Å². The molecule has 1 amide bonds. The molecular formula is C25H28F2N2O4. The van der Waals surface area contributed by atoms with Crippen LogP contribution in [0.5, 0.6) is 0 Å². The number of benzene rings is 2. The zero-order valence-electron chi connectivity index (χ0n) is 18.4. The fourth-order valence-electron chi connectivity index (χ4n) is 4.48. The van der Waals surface area contributed by atoms with Gasteiger partial charge in [0.25, 0.3) is 5.92 Å². The highest BCUT2D eigenvalue weighted by molar-refractivity contribution is 5.78. The van der Waals surface area contributed by atoms with Crippen molar-refractivity contribution in [3.05, 3.63) is 59.2 Å². The summed E-state index contributed by atoms with van der Waals surface area (Å²) < 4.78 is 32.0. The monoisotopic (exact) mass is 458 g/mol. The van der Waals surface area contributed by atoms with Gasteiger partial charge < -0.3 is 14.7 Å². The van der Waals surface area contributed by atoms with Crippen LogP contribution in [-0.2, 0) is 22.6 Å². The van der Waals surface area contributed by atoms with Crippen molar-refractivity contribution in [3.63, 3.8) is 0 Å². The number of halogens is 2. The summed E-state index contributed by atoms with van der Waals surface area (Å²) in [6.45, 7) is 0.912. The lowest BCUT2D eigenvalue weighted by Gasteiger charge is -2.32. The van der Waals surface area contributed by atoms with Crippen LogP contribution in [-0.4, -0.2) is 65.6 Å². The third-order valence-corrected chi connectivity index (χ3v) is 6.30. The van der Waals surface area contributed by atoms with Gasteiger partial charge in [0.05, 0.1) is 0 Å². The second-order valence-electron chi connectivity index (χ2n) is 8.75. The molecule has 0 atom stereocenters. The number of ether oxygens (including phenoxy) is 1. The predicted octanol–water partition coefficient (Wildman–Crippen LogP) is 4.40. The Labute approximate surface area is 191 Å². The molecule has 176 valence electrons. The molecule has 0 spiro atoms. The number of nitrogens with zero attached hydrogens (tertiary/aromatic N) is 2. The number of carbonyl (C=O) groups excluding carboxylic acids is 1. The molecule has 1 aliphatic heterocycles. The quantitative estimate of drug-likeness (QED) is 0.542. The molecule has 1 heterocycles. The van der Waals surface area contributed by atoms with E-state index >= 15 is 0 Å². The third kappa shape index (κ3) is 5.87. The number of amides is 1. The van der Waals surface area contributed by atoms with Crippen LogP contribution < -0.4 is 0 Å². The first kappa shape index (κ1) is 23.2. The van der Waals surface area contributed by atoms with Crippen molar-refractivity contribution < 1.29 is 28.2 Å². The number of carboxylic acids is 1. The van der Waals surface area contributed by atoms with E-state index in [1.807, 2.05) is 35.2 Å². The lowest BCUT2D eigenvalue weighted by atomic mass is 10.0. The number of likely N-dealkylation sites (tertiary alicyclic amines) is 1. The second-order valence-corrected chi connectivity index (χ2v) is 8.75. The summed E-state index contributed by atoms with van der Waals surface area (Å²) in [5.74, 6) is -3.73. The SMILES string of the molecule is O=C(O)CN(CCCN1CCC(F)(F)CC1)C(=O)OCc1ccc2c(c1)-c1ccccc1C2. The minimum atomic E-state index is -2.60. The van der Waals surface area contributed by atoms with Crippen molar-refractivity contribution in [1.82, 2.24) is 9.80 Å². The first-order valence-corrected chi connectivity index (χ1v) is 11.2. The molecule has 1 aliphatic carbocycles. The summed E-state index contributed by atoms with van der Waals surface area (Å²) in [4.78, 5) is 26.9. The van der Waals surface area contributed by atoms with Crippen LogP contribution in [0.4, 0.5) is 13.6 Å². The Hall–Kier alpha value is -3.00. The molecule has 1 fully saturated rings. The average molecular weight is 459 g/mol. The maximum atomic E-state index is 13.3. The summed E-state index contributed by atoms with van der Waals surface area (Å²) in [6, 6.07) is 14.2. The zero-order chi connectivity index (χ0) is 23.4. The van der Waals surface area contributed by atoms with Gasteiger partial charge >= 0.3 is 12.1 Å². The van der Waals surface area contributed by atoms with Gasteiger partial charge in [-0.1, -0.05) is 36.4 Å². The van der Waals surface area contributed by atoms with Gasteiger partial charge in [-0.2, -0.15) is 0 Å². The highest BCUT2D eigenvalue weighted by atomic mass is 19.3. The number of piperidine rings is 1. The van der Waals surface area contributed by atoms with E-state index in [0.717, 1.165) is 22.4 Å². The number of aliphatic carboxylic acids is 1. The highest BCUT2D eigenvalue weighted by Gasteiger charge is 2.33. The van der Waals surface area contributed by atoms with E-state index in [4.69, 9.17) is 4.74 Å². The molecule has 0 unspecified atom stereocenters. The van der Waals surface area contributed by atoms with E-state index in [-0.39, 0.29) is 26.0 Å². The topological polar surface area (TPSA) is 70.1 Å². The lowest BCUT2D eigenvalue weighted by molar-refractivity contribution is -0.138. The molecule has 0 radical (unpaired) electrons. The number of fused-ring (bicyclic) bond motifs is 3. The van der Waals surface area contributed by atoms with Crippen LogP contribution >= 0.6 is 0 Å². The van der Waals surface area contributed by atoms with E-state index in [9.17, 15) is 23.5 Å². The molecule has 1 N–H and O–H groups in total. The molecule has 0 saturated carbocycles. The zero-order valence-corrected chi connectivity index (χ0v) is 18.4. The largest absolute Gasteiger partial charge is 0.480 e. The van der Waals surface area contributed by atoms with Gasteiger partial charge in [-0.05, 0) is 53.3 Å². The normalized spacial score (nSPS) is 16.7. The lowest BCUT2D eigenvalue weighted by Crippen LogP contribution is -2.42. The van der Waals surface area contributed by atoms with E-state index in [1.54, 1.807) is 0 Å². The minimum Gasteiger partial charge on any atom is -0.480 e. The molecule has 4 rings (SSSR count). The maximum Gasteiger partial charge on any atom is 0.410 e. The van der Waals surface area contributed by atoms with Crippen molar-refractivity contribution in [2.75, 3.05) is 32.7 Å². The summed E-state index contributed by atoms with van der Waals surface area (Å²) in [5.41, 5.74) is 5.65. The number of rotatable bonds is 8. The second kappa shape index (κ2) is 9.87. The molecule has 1 saturated heterocycles. The van der Waals surface area contributed by atoms with E-state index in [1.165, 1.54) is 16.7 Å². The number of hydrogen-bond donors (Lipinski definition) is 1. The molecule has 2 aromatic rings. The van der Waals surface area contributed by atoms with Crippen LogP contribution in [0.3, 0.4) is 0 Å². The number of alkyl halides is 2. The van der Waals surface area contributed by atoms with Crippen LogP contribution in [0.25, 0.3) is 11.1 Å². The number of hydrogen-bond acceptors (Lipinski definition) is 4. The molecule has 2 aliphatic rings. The van der Waals surface area contributed by atoms with Crippen molar-refractivity contribution in [3.8, 4) is 11.1 Å². The Morgan fingerprint density at radius 3 is 2.55 bits per heavy atom. The number of carboxylic acid groups (broad SMARTS) is 1. The number of carbonyl (C=O) groups is 2.